The number of aryl methyl sites for hydroxylation is 1. The SMILES string of the molecule is COc1ccc(-c2[nH]nc3nc(-c4ccc(C)cc4)cc(C(=O)NCCc4ccc(OC)c(OC)c4)c23)cc1. The number of aromatic amines is 1. The van der Waals surface area contributed by atoms with Crippen molar-refractivity contribution in [3.63, 3.8) is 0 Å². The van der Waals surface area contributed by atoms with E-state index >= 15 is 0 Å². The highest BCUT2D eigenvalue weighted by Gasteiger charge is 2.20. The molecule has 0 radical (unpaired) electrons. The zero-order chi connectivity index (χ0) is 27.4. The van der Waals surface area contributed by atoms with Crippen LogP contribution >= 0.6 is 0 Å². The number of carbonyl (C=O) groups excluding carboxylic acids is 1. The van der Waals surface area contributed by atoms with E-state index in [4.69, 9.17) is 19.2 Å². The third-order valence-corrected chi connectivity index (χ3v) is 6.64. The summed E-state index contributed by atoms with van der Waals surface area (Å²) in [4.78, 5) is 18.4. The summed E-state index contributed by atoms with van der Waals surface area (Å²) in [5.74, 6) is 1.87. The second-order valence-corrected chi connectivity index (χ2v) is 9.14. The van der Waals surface area contributed by atoms with Gasteiger partial charge >= 0.3 is 0 Å². The fraction of sp³-hybridized carbons (Fsp3) is 0.194. The van der Waals surface area contributed by atoms with Crippen molar-refractivity contribution < 1.29 is 19.0 Å². The predicted molar refractivity (Wildman–Crippen MR) is 152 cm³/mol. The molecule has 0 saturated carbocycles. The van der Waals surface area contributed by atoms with Crippen LogP contribution in [0.25, 0.3) is 33.5 Å². The quantitative estimate of drug-likeness (QED) is 0.262. The van der Waals surface area contributed by atoms with Crippen LogP contribution in [0.3, 0.4) is 0 Å². The van der Waals surface area contributed by atoms with Crippen LogP contribution in [0.5, 0.6) is 17.2 Å². The van der Waals surface area contributed by atoms with Gasteiger partial charge in [-0.05, 0) is 61.4 Å². The molecule has 0 bridgehead atoms. The van der Waals surface area contributed by atoms with Crippen molar-refractivity contribution in [3.8, 4) is 39.8 Å². The minimum Gasteiger partial charge on any atom is -0.497 e. The van der Waals surface area contributed by atoms with Gasteiger partial charge in [-0.25, -0.2) is 4.98 Å². The van der Waals surface area contributed by atoms with Gasteiger partial charge in [0.25, 0.3) is 5.91 Å². The second-order valence-electron chi connectivity index (χ2n) is 9.14. The Morgan fingerprint density at radius 1 is 0.846 bits per heavy atom. The van der Waals surface area contributed by atoms with Gasteiger partial charge < -0.3 is 19.5 Å². The number of hydrogen-bond acceptors (Lipinski definition) is 6. The molecule has 0 unspecified atom stereocenters. The number of H-pyrrole nitrogens is 1. The fourth-order valence-electron chi connectivity index (χ4n) is 4.49. The number of ether oxygens (including phenoxy) is 3. The number of fused-ring (bicyclic) bond motifs is 1. The van der Waals surface area contributed by atoms with Crippen molar-refractivity contribution in [2.75, 3.05) is 27.9 Å². The van der Waals surface area contributed by atoms with Crippen LogP contribution in [0.1, 0.15) is 21.5 Å². The highest BCUT2D eigenvalue weighted by atomic mass is 16.5. The highest BCUT2D eigenvalue weighted by Crippen LogP contribution is 2.32. The van der Waals surface area contributed by atoms with Crippen molar-refractivity contribution in [2.24, 2.45) is 0 Å². The largest absolute Gasteiger partial charge is 0.497 e. The number of amides is 1. The van der Waals surface area contributed by atoms with Crippen molar-refractivity contribution in [1.29, 1.82) is 0 Å². The van der Waals surface area contributed by atoms with Gasteiger partial charge in [0.2, 0.25) is 0 Å². The Hall–Kier alpha value is -4.85. The Bertz CT molecular complexity index is 1610. The molecule has 0 fully saturated rings. The molecule has 8 heteroatoms. The maximum Gasteiger partial charge on any atom is 0.252 e. The van der Waals surface area contributed by atoms with Crippen molar-refractivity contribution in [2.45, 2.75) is 13.3 Å². The number of pyridine rings is 1. The molecule has 0 atom stereocenters. The second kappa shape index (κ2) is 11.3. The summed E-state index contributed by atoms with van der Waals surface area (Å²) < 4.78 is 16.0. The van der Waals surface area contributed by atoms with E-state index in [0.717, 1.165) is 33.7 Å². The average Bonchev–Trinajstić information content (AvgIpc) is 3.41. The first kappa shape index (κ1) is 25.8. The standard InChI is InChI=1S/C31H30N4O4/c1-19-5-8-21(9-6-19)25-18-24(31(36)32-16-15-20-7-14-26(38-3)27(17-20)39-4)28-29(34-35-30(28)33-25)22-10-12-23(37-2)13-11-22/h5-14,17-18H,15-16H2,1-4H3,(H,32,36)(H,33,34,35). The van der Waals surface area contributed by atoms with Crippen LogP contribution in [0, 0.1) is 6.92 Å². The van der Waals surface area contributed by atoms with Gasteiger partial charge in [0.15, 0.2) is 17.1 Å². The number of aromatic nitrogens is 3. The van der Waals surface area contributed by atoms with Crippen molar-refractivity contribution in [1.82, 2.24) is 20.5 Å². The summed E-state index contributed by atoms with van der Waals surface area (Å²) in [6.07, 6.45) is 0.627. The Morgan fingerprint density at radius 3 is 2.26 bits per heavy atom. The summed E-state index contributed by atoms with van der Waals surface area (Å²) in [6.45, 7) is 2.47. The third kappa shape index (κ3) is 5.40. The van der Waals surface area contributed by atoms with E-state index in [9.17, 15) is 4.79 Å². The molecule has 0 aliphatic heterocycles. The van der Waals surface area contributed by atoms with Gasteiger partial charge in [-0.1, -0.05) is 35.9 Å². The summed E-state index contributed by atoms with van der Waals surface area (Å²) in [5, 5.41) is 11.3. The topological polar surface area (TPSA) is 98.4 Å². The first-order valence-electron chi connectivity index (χ1n) is 12.6. The van der Waals surface area contributed by atoms with E-state index in [0.29, 0.717) is 46.8 Å². The van der Waals surface area contributed by atoms with Gasteiger partial charge in [-0.2, -0.15) is 5.10 Å². The number of rotatable bonds is 9. The van der Waals surface area contributed by atoms with Gasteiger partial charge in [0.05, 0.1) is 43.7 Å². The molecule has 198 valence electrons. The Balaban J connectivity index is 1.49. The van der Waals surface area contributed by atoms with Gasteiger partial charge in [-0.3, -0.25) is 9.89 Å². The lowest BCUT2D eigenvalue weighted by Crippen LogP contribution is -2.26. The van der Waals surface area contributed by atoms with Crippen LogP contribution < -0.4 is 19.5 Å². The Kier molecular flexibility index (Phi) is 7.45. The lowest BCUT2D eigenvalue weighted by atomic mass is 10.0. The molecular weight excluding hydrogens is 492 g/mol. The molecule has 8 nitrogen and oxygen atoms in total. The number of carbonyl (C=O) groups is 1. The lowest BCUT2D eigenvalue weighted by Gasteiger charge is -2.12. The highest BCUT2D eigenvalue weighted by molar-refractivity contribution is 6.11. The van der Waals surface area contributed by atoms with E-state index in [2.05, 4.69) is 15.5 Å². The predicted octanol–water partition coefficient (Wildman–Crippen LogP) is 5.60. The zero-order valence-corrected chi connectivity index (χ0v) is 22.4. The van der Waals surface area contributed by atoms with Crippen LogP contribution in [-0.2, 0) is 6.42 Å². The number of nitrogens with one attached hydrogen (secondary N) is 2. The van der Waals surface area contributed by atoms with Crippen LogP contribution in [-0.4, -0.2) is 49.0 Å². The monoisotopic (exact) mass is 522 g/mol. The van der Waals surface area contributed by atoms with Crippen LogP contribution in [0.15, 0.2) is 72.8 Å². The summed E-state index contributed by atoms with van der Waals surface area (Å²) in [5.41, 5.74) is 6.34. The molecule has 5 rings (SSSR count). The molecule has 0 aliphatic carbocycles. The normalized spacial score (nSPS) is 10.9. The van der Waals surface area contributed by atoms with E-state index in [1.807, 2.05) is 79.7 Å². The van der Waals surface area contributed by atoms with E-state index in [-0.39, 0.29) is 5.91 Å². The molecule has 0 aliphatic rings. The van der Waals surface area contributed by atoms with Crippen LogP contribution in [0.2, 0.25) is 0 Å². The number of benzene rings is 3. The number of methoxy groups -OCH3 is 3. The maximum atomic E-state index is 13.6. The first-order valence-corrected chi connectivity index (χ1v) is 12.6. The fourth-order valence-corrected chi connectivity index (χ4v) is 4.49. The minimum atomic E-state index is -0.201. The summed E-state index contributed by atoms with van der Waals surface area (Å²) in [7, 11) is 4.84. The summed E-state index contributed by atoms with van der Waals surface area (Å²) >= 11 is 0. The maximum absolute atomic E-state index is 13.6. The molecule has 1 amide bonds. The van der Waals surface area contributed by atoms with E-state index in [1.54, 1.807) is 21.3 Å². The van der Waals surface area contributed by atoms with Crippen LogP contribution in [0.4, 0.5) is 0 Å². The van der Waals surface area contributed by atoms with Gasteiger partial charge in [-0.15, -0.1) is 0 Å². The van der Waals surface area contributed by atoms with Crippen molar-refractivity contribution in [3.05, 3.63) is 89.5 Å². The third-order valence-electron chi connectivity index (χ3n) is 6.64. The molecule has 2 aromatic heterocycles. The molecule has 39 heavy (non-hydrogen) atoms. The Morgan fingerprint density at radius 2 is 1.56 bits per heavy atom. The average molecular weight is 523 g/mol. The minimum absolute atomic E-state index is 0.201. The number of hydrogen-bond donors (Lipinski definition) is 2. The number of nitrogens with zero attached hydrogens (tertiary/aromatic N) is 2. The molecular formula is C31H30N4O4. The molecule has 0 spiro atoms. The van der Waals surface area contributed by atoms with E-state index < -0.39 is 0 Å². The molecule has 2 heterocycles. The first-order chi connectivity index (χ1) is 19.0. The van der Waals surface area contributed by atoms with Crippen molar-refractivity contribution >= 4 is 16.9 Å². The molecule has 2 N–H and O–H groups in total. The summed E-state index contributed by atoms with van der Waals surface area (Å²) in [6, 6.07) is 23.2. The van der Waals surface area contributed by atoms with Gasteiger partial charge in [0, 0.05) is 17.7 Å². The lowest BCUT2D eigenvalue weighted by molar-refractivity contribution is 0.0955. The zero-order valence-electron chi connectivity index (χ0n) is 22.4. The molecule has 5 aromatic rings. The van der Waals surface area contributed by atoms with E-state index in [1.165, 1.54) is 0 Å². The molecule has 0 saturated heterocycles. The molecule has 3 aromatic carbocycles. The van der Waals surface area contributed by atoms with Gasteiger partial charge in [0.1, 0.15) is 5.75 Å². The smallest absolute Gasteiger partial charge is 0.252 e. The Labute approximate surface area is 227 Å².